The van der Waals surface area contributed by atoms with Gasteiger partial charge >= 0.3 is 0 Å². The zero-order valence-corrected chi connectivity index (χ0v) is 16.6. The van der Waals surface area contributed by atoms with E-state index in [9.17, 15) is 9.90 Å². The molecule has 0 bridgehead atoms. The Morgan fingerprint density at radius 1 is 1.00 bits per heavy atom. The topological polar surface area (TPSA) is 68.2 Å². The van der Waals surface area contributed by atoms with Gasteiger partial charge in [-0.2, -0.15) is 0 Å². The van der Waals surface area contributed by atoms with Gasteiger partial charge in [-0.3, -0.25) is 4.79 Å². The van der Waals surface area contributed by atoms with Crippen molar-refractivity contribution in [3.05, 3.63) is 71.5 Å². The fourth-order valence-electron chi connectivity index (χ4n) is 3.90. The molecule has 0 aliphatic rings. The second-order valence-corrected chi connectivity index (χ2v) is 7.07. The predicted octanol–water partition coefficient (Wildman–Crippen LogP) is 4.56. The van der Waals surface area contributed by atoms with Crippen molar-refractivity contribution >= 4 is 5.91 Å². The van der Waals surface area contributed by atoms with Crippen molar-refractivity contribution in [1.82, 2.24) is 4.57 Å². The van der Waals surface area contributed by atoms with Crippen LogP contribution in [0.3, 0.4) is 0 Å². The lowest BCUT2D eigenvalue weighted by Crippen LogP contribution is -2.13. The summed E-state index contributed by atoms with van der Waals surface area (Å²) in [6.07, 6.45) is 2.47. The average Bonchev–Trinajstić information content (AvgIpc) is 2.99. The number of hydrogen-bond acceptors (Lipinski definition) is 2. The first-order chi connectivity index (χ1) is 13.6. The zero-order chi connectivity index (χ0) is 20.1. The standard InChI is InChI=1S/C24H28N2O2/c1-3-8-21-23(22(24(25)28)17(2)26(21)15-7-16-27)20-13-11-19(12-14-20)18-9-5-4-6-10-18/h4-6,9-14,27H,3,7-8,15-16H2,1-2H3,(H2,25,28). The highest BCUT2D eigenvalue weighted by atomic mass is 16.3. The van der Waals surface area contributed by atoms with Crippen LogP contribution in [0.25, 0.3) is 22.3 Å². The maximum Gasteiger partial charge on any atom is 0.251 e. The third-order valence-corrected chi connectivity index (χ3v) is 5.18. The van der Waals surface area contributed by atoms with Crippen molar-refractivity contribution < 1.29 is 9.90 Å². The van der Waals surface area contributed by atoms with Crippen LogP contribution in [0.15, 0.2) is 54.6 Å². The number of carbonyl (C=O) groups excluding carboxylic acids is 1. The second kappa shape index (κ2) is 8.89. The molecular formula is C24H28N2O2. The van der Waals surface area contributed by atoms with Gasteiger partial charge in [-0.1, -0.05) is 67.9 Å². The summed E-state index contributed by atoms with van der Waals surface area (Å²) in [5.74, 6) is -0.403. The number of primary amides is 1. The Balaban J connectivity index is 2.12. The van der Waals surface area contributed by atoms with Gasteiger partial charge in [0.2, 0.25) is 0 Å². The highest BCUT2D eigenvalue weighted by molar-refractivity contribution is 6.02. The number of nitrogens with zero attached hydrogens (tertiary/aromatic N) is 1. The van der Waals surface area contributed by atoms with Crippen LogP contribution in [0.4, 0.5) is 0 Å². The van der Waals surface area contributed by atoms with Crippen molar-refractivity contribution in [1.29, 1.82) is 0 Å². The first kappa shape index (κ1) is 19.9. The smallest absolute Gasteiger partial charge is 0.251 e. The van der Waals surface area contributed by atoms with Crippen LogP contribution in [0, 0.1) is 6.92 Å². The number of nitrogens with two attached hydrogens (primary N) is 1. The van der Waals surface area contributed by atoms with Gasteiger partial charge in [-0.15, -0.1) is 0 Å². The van der Waals surface area contributed by atoms with E-state index in [1.165, 1.54) is 0 Å². The number of carbonyl (C=O) groups is 1. The van der Waals surface area contributed by atoms with Gasteiger partial charge in [0, 0.05) is 30.1 Å². The summed E-state index contributed by atoms with van der Waals surface area (Å²) in [6, 6.07) is 18.5. The summed E-state index contributed by atoms with van der Waals surface area (Å²) in [5.41, 5.74) is 12.6. The van der Waals surface area contributed by atoms with E-state index >= 15 is 0 Å². The lowest BCUT2D eigenvalue weighted by molar-refractivity contribution is 0.1000. The highest BCUT2D eigenvalue weighted by Gasteiger charge is 2.24. The Morgan fingerprint density at radius 2 is 1.61 bits per heavy atom. The number of rotatable bonds is 8. The monoisotopic (exact) mass is 376 g/mol. The molecule has 1 heterocycles. The van der Waals surface area contributed by atoms with E-state index in [1.54, 1.807) is 0 Å². The molecule has 4 heteroatoms. The lowest BCUT2D eigenvalue weighted by atomic mass is 9.96. The van der Waals surface area contributed by atoms with E-state index in [0.29, 0.717) is 18.5 Å². The molecule has 146 valence electrons. The molecule has 3 aromatic rings. The van der Waals surface area contributed by atoms with Gasteiger partial charge in [0.15, 0.2) is 0 Å². The van der Waals surface area contributed by atoms with Crippen molar-refractivity contribution in [2.45, 2.75) is 39.7 Å². The molecule has 0 unspecified atom stereocenters. The molecule has 3 N–H and O–H groups in total. The molecule has 0 saturated carbocycles. The van der Waals surface area contributed by atoms with E-state index in [-0.39, 0.29) is 6.61 Å². The van der Waals surface area contributed by atoms with Crippen LogP contribution in [-0.2, 0) is 13.0 Å². The van der Waals surface area contributed by atoms with Gasteiger partial charge in [0.1, 0.15) is 0 Å². The molecular weight excluding hydrogens is 348 g/mol. The molecule has 28 heavy (non-hydrogen) atoms. The van der Waals surface area contributed by atoms with Crippen LogP contribution in [0.5, 0.6) is 0 Å². The Bertz CT molecular complexity index is 941. The summed E-state index contributed by atoms with van der Waals surface area (Å²) >= 11 is 0. The van der Waals surface area contributed by atoms with Gasteiger partial charge in [-0.25, -0.2) is 0 Å². The normalized spacial score (nSPS) is 11.0. The lowest BCUT2D eigenvalue weighted by Gasteiger charge is -2.12. The summed E-state index contributed by atoms with van der Waals surface area (Å²) in [6.45, 7) is 4.87. The zero-order valence-electron chi connectivity index (χ0n) is 16.6. The number of hydrogen-bond donors (Lipinski definition) is 2. The first-order valence-corrected chi connectivity index (χ1v) is 9.87. The summed E-state index contributed by atoms with van der Waals surface area (Å²) in [5, 5.41) is 9.28. The van der Waals surface area contributed by atoms with Crippen molar-refractivity contribution in [2.75, 3.05) is 6.61 Å². The second-order valence-electron chi connectivity index (χ2n) is 7.07. The maximum absolute atomic E-state index is 12.3. The van der Waals surface area contributed by atoms with E-state index in [1.807, 2.05) is 25.1 Å². The van der Waals surface area contributed by atoms with Gasteiger partial charge in [0.05, 0.1) is 5.56 Å². The SMILES string of the molecule is CCCc1c(-c2ccc(-c3ccccc3)cc2)c(C(N)=O)c(C)n1CCCO. The van der Waals surface area contributed by atoms with E-state index in [0.717, 1.165) is 46.5 Å². The number of aliphatic hydroxyl groups excluding tert-OH is 1. The van der Waals surface area contributed by atoms with Crippen molar-refractivity contribution in [3.8, 4) is 22.3 Å². The minimum absolute atomic E-state index is 0.121. The number of aliphatic hydroxyl groups is 1. The predicted molar refractivity (Wildman–Crippen MR) is 114 cm³/mol. The van der Waals surface area contributed by atoms with Gasteiger partial charge < -0.3 is 15.4 Å². The Morgan fingerprint density at radius 3 is 2.18 bits per heavy atom. The number of amides is 1. The molecule has 0 radical (unpaired) electrons. The molecule has 2 aromatic carbocycles. The van der Waals surface area contributed by atoms with Crippen LogP contribution in [-0.4, -0.2) is 22.2 Å². The molecule has 4 nitrogen and oxygen atoms in total. The number of benzene rings is 2. The fraction of sp³-hybridized carbons (Fsp3) is 0.292. The minimum atomic E-state index is -0.403. The molecule has 0 spiro atoms. The van der Waals surface area contributed by atoms with Crippen LogP contribution in [0.2, 0.25) is 0 Å². The fourth-order valence-corrected chi connectivity index (χ4v) is 3.90. The van der Waals surface area contributed by atoms with Crippen LogP contribution < -0.4 is 5.73 Å². The Kier molecular flexibility index (Phi) is 6.32. The summed E-state index contributed by atoms with van der Waals surface area (Å²) in [7, 11) is 0. The third kappa shape index (κ3) is 3.87. The van der Waals surface area contributed by atoms with E-state index in [2.05, 4.69) is 47.9 Å². The van der Waals surface area contributed by atoms with Crippen molar-refractivity contribution in [3.63, 3.8) is 0 Å². The Hall–Kier alpha value is -2.85. The molecule has 0 aliphatic heterocycles. The molecule has 0 fully saturated rings. The molecule has 3 rings (SSSR count). The average molecular weight is 377 g/mol. The van der Waals surface area contributed by atoms with Gasteiger partial charge in [-0.05, 0) is 36.5 Å². The van der Waals surface area contributed by atoms with E-state index in [4.69, 9.17) is 5.73 Å². The largest absolute Gasteiger partial charge is 0.396 e. The van der Waals surface area contributed by atoms with Crippen LogP contribution >= 0.6 is 0 Å². The Labute approximate surface area is 166 Å². The van der Waals surface area contributed by atoms with E-state index < -0.39 is 5.91 Å². The van der Waals surface area contributed by atoms with Crippen LogP contribution in [0.1, 0.15) is 41.5 Å². The highest BCUT2D eigenvalue weighted by Crippen LogP contribution is 2.35. The number of aromatic nitrogens is 1. The first-order valence-electron chi connectivity index (χ1n) is 9.87. The molecule has 1 aromatic heterocycles. The maximum atomic E-state index is 12.3. The minimum Gasteiger partial charge on any atom is -0.396 e. The third-order valence-electron chi connectivity index (χ3n) is 5.18. The van der Waals surface area contributed by atoms with Crippen molar-refractivity contribution in [2.24, 2.45) is 5.73 Å². The van der Waals surface area contributed by atoms with Gasteiger partial charge in [0.25, 0.3) is 5.91 Å². The summed E-state index contributed by atoms with van der Waals surface area (Å²) in [4.78, 5) is 12.3. The molecule has 1 amide bonds. The molecule has 0 atom stereocenters. The quantitative estimate of drug-likeness (QED) is 0.605. The molecule has 0 saturated heterocycles. The summed E-state index contributed by atoms with van der Waals surface area (Å²) < 4.78 is 2.15. The molecule has 0 aliphatic carbocycles.